The summed E-state index contributed by atoms with van der Waals surface area (Å²) in [7, 11) is 0. The second-order valence-electron chi connectivity index (χ2n) is 11.2. The highest BCUT2D eigenvalue weighted by molar-refractivity contribution is 5.76. The molecule has 2 aliphatic carbocycles. The summed E-state index contributed by atoms with van der Waals surface area (Å²) in [6.45, 7) is 7.37. The molecule has 3 fully saturated rings. The molecule has 3 heterocycles. The molecule has 0 unspecified atom stereocenters. The number of benzene rings is 1. The van der Waals surface area contributed by atoms with E-state index in [1.807, 2.05) is 30.9 Å². The number of aryl methyl sites for hydroxylation is 2. The molecule has 3 atom stereocenters. The zero-order valence-electron chi connectivity index (χ0n) is 20.3. The summed E-state index contributed by atoms with van der Waals surface area (Å²) >= 11 is 0. The molecule has 7 nitrogen and oxygen atoms in total. The van der Waals surface area contributed by atoms with Crippen LogP contribution in [0.5, 0.6) is 5.75 Å². The minimum atomic E-state index is -0.909. The molecular formula is C27H36N4O3. The maximum atomic E-state index is 13.3. The topological polar surface area (TPSA) is 81.8 Å². The van der Waals surface area contributed by atoms with Crippen LogP contribution in [-0.2, 0) is 23.2 Å². The van der Waals surface area contributed by atoms with Crippen molar-refractivity contribution in [2.75, 3.05) is 26.2 Å². The maximum absolute atomic E-state index is 13.3. The average Bonchev–Trinajstić information content (AvgIpc) is 3.57. The number of phenols is 1. The van der Waals surface area contributed by atoms with Gasteiger partial charge in [-0.1, -0.05) is 6.07 Å². The molecule has 1 aromatic heterocycles. The summed E-state index contributed by atoms with van der Waals surface area (Å²) in [5.41, 5.74) is 2.91. The predicted octanol–water partition coefficient (Wildman–Crippen LogP) is 2.54. The van der Waals surface area contributed by atoms with Crippen molar-refractivity contribution in [3.05, 3.63) is 46.8 Å². The highest BCUT2D eigenvalue weighted by Gasteiger charge is 2.63. The zero-order chi connectivity index (χ0) is 23.7. The number of carbonyl (C=O) groups is 1. The van der Waals surface area contributed by atoms with Crippen molar-refractivity contribution in [1.29, 1.82) is 0 Å². The van der Waals surface area contributed by atoms with Gasteiger partial charge < -0.3 is 15.1 Å². The van der Waals surface area contributed by atoms with Gasteiger partial charge in [0.1, 0.15) is 12.3 Å². The van der Waals surface area contributed by atoms with Gasteiger partial charge in [-0.2, -0.15) is 5.10 Å². The molecule has 7 heteroatoms. The van der Waals surface area contributed by atoms with Gasteiger partial charge in [0.15, 0.2) is 0 Å². The third-order valence-corrected chi connectivity index (χ3v) is 9.17. The van der Waals surface area contributed by atoms with Crippen LogP contribution in [-0.4, -0.2) is 73.5 Å². The molecule has 2 aromatic rings. The van der Waals surface area contributed by atoms with Gasteiger partial charge >= 0.3 is 0 Å². The highest BCUT2D eigenvalue weighted by atomic mass is 16.3. The number of aliphatic hydroxyl groups is 1. The number of phenolic OH excluding ortho intramolecular Hbond substituents is 1. The van der Waals surface area contributed by atoms with Gasteiger partial charge in [0.25, 0.3) is 0 Å². The quantitative estimate of drug-likeness (QED) is 0.727. The summed E-state index contributed by atoms with van der Waals surface area (Å²) in [4.78, 5) is 17.8. The van der Waals surface area contributed by atoms with Gasteiger partial charge in [0.2, 0.25) is 5.91 Å². The number of aromatic nitrogens is 2. The Morgan fingerprint density at radius 2 is 1.88 bits per heavy atom. The van der Waals surface area contributed by atoms with Crippen LogP contribution in [0.4, 0.5) is 0 Å². The normalized spacial score (nSPS) is 31.0. The molecule has 1 amide bonds. The Morgan fingerprint density at radius 3 is 2.62 bits per heavy atom. The number of hydrogen-bond donors (Lipinski definition) is 2. The van der Waals surface area contributed by atoms with E-state index in [9.17, 15) is 15.0 Å². The van der Waals surface area contributed by atoms with E-state index in [4.69, 9.17) is 0 Å². The number of fused-ring (bicyclic) bond motifs is 1. The molecule has 2 bridgehead atoms. The van der Waals surface area contributed by atoms with Crippen LogP contribution in [0.2, 0.25) is 0 Å². The monoisotopic (exact) mass is 464 g/mol. The fourth-order valence-electron chi connectivity index (χ4n) is 7.18. The average molecular weight is 465 g/mol. The van der Waals surface area contributed by atoms with Crippen LogP contribution in [0.1, 0.15) is 54.6 Å². The fourth-order valence-corrected chi connectivity index (χ4v) is 7.18. The number of rotatable bonds is 4. The van der Waals surface area contributed by atoms with E-state index in [0.717, 1.165) is 55.2 Å². The van der Waals surface area contributed by atoms with E-state index < -0.39 is 11.0 Å². The number of amides is 1. The standard InChI is InChI=1S/C27H36N4O3/c1-18-13-19(2)31(28-18)17-25(33)29-10-7-26-8-11-30(16-20-3-4-20)24(27(26,34)9-12-29)14-21-5-6-22(32)15-23(21)26/h5-6,13,15,20,24,32,34H,3-4,7-12,14,16-17H2,1-2H3/t24-,26+,27-/m1/s1. The van der Waals surface area contributed by atoms with E-state index in [2.05, 4.69) is 16.1 Å². The first-order chi connectivity index (χ1) is 16.3. The Labute approximate surface area is 201 Å². The predicted molar refractivity (Wildman–Crippen MR) is 129 cm³/mol. The molecule has 2 saturated heterocycles. The van der Waals surface area contributed by atoms with Gasteiger partial charge in [0.05, 0.1) is 11.3 Å². The van der Waals surface area contributed by atoms with Crippen molar-refractivity contribution in [2.45, 2.75) is 76.0 Å². The Bertz CT molecular complexity index is 1130. The molecule has 182 valence electrons. The lowest BCUT2D eigenvalue weighted by Crippen LogP contribution is -2.71. The third kappa shape index (κ3) is 3.39. The summed E-state index contributed by atoms with van der Waals surface area (Å²) < 4.78 is 1.78. The van der Waals surface area contributed by atoms with Crippen LogP contribution in [0.15, 0.2) is 24.3 Å². The molecule has 1 aromatic carbocycles. The Morgan fingerprint density at radius 1 is 1.12 bits per heavy atom. The number of hydrogen-bond acceptors (Lipinski definition) is 5. The lowest BCUT2D eigenvalue weighted by molar-refractivity contribution is -0.149. The maximum Gasteiger partial charge on any atom is 0.244 e. The van der Waals surface area contributed by atoms with E-state index in [1.165, 1.54) is 18.4 Å². The van der Waals surface area contributed by atoms with Crippen molar-refractivity contribution < 1.29 is 15.0 Å². The van der Waals surface area contributed by atoms with Gasteiger partial charge in [-0.15, -0.1) is 0 Å². The van der Waals surface area contributed by atoms with Crippen LogP contribution in [0.3, 0.4) is 0 Å². The lowest BCUT2D eigenvalue weighted by Gasteiger charge is -2.61. The zero-order valence-corrected chi connectivity index (χ0v) is 20.3. The first-order valence-electron chi connectivity index (χ1n) is 12.9. The van der Waals surface area contributed by atoms with E-state index in [-0.39, 0.29) is 24.2 Å². The molecule has 0 spiro atoms. The first-order valence-corrected chi connectivity index (χ1v) is 12.9. The van der Waals surface area contributed by atoms with Crippen LogP contribution < -0.4 is 0 Å². The van der Waals surface area contributed by atoms with Crippen LogP contribution in [0, 0.1) is 19.8 Å². The molecule has 0 radical (unpaired) electrons. The third-order valence-electron chi connectivity index (χ3n) is 9.17. The number of piperidine rings is 1. The second-order valence-corrected chi connectivity index (χ2v) is 11.2. The Hall–Kier alpha value is -2.38. The van der Waals surface area contributed by atoms with Gasteiger partial charge in [-0.05, 0) is 94.2 Å². The van der Waals surface area contributed by atoms with E-state index >= 15 is 0 Å². The van der Waals surface area contributed by atoms with Gasteiger partial charge in [-0.25, -0.2) is 0 Å². The van der Waals surface area contributed by atoms with Gasteiger partial charge in [0, 0.05) is 36.8 Å². The summed E-state index contributed by atoms with van der Waals surface area (Å²) in [5.74, 6) is 1.09. The smallest absolute Gasteiger partial charge is 0.244 e. The molecular weight excluding hydrogens is 428 g/mol. The highest BCUT2D eigenvalue weighted by Crippen LogP contribution is 2.56. The molecule has 2 N–H and O–H groups in total. The number of carbonyl (C=O) groups excluding carboxylic acids is 1. The molecule has 2 aliphatic heterocycles. The number of aromatic hydroxyl groups is 1. The fraction of sp³-hybridized carbons (Fsp3) is 0.630. The summed E-state index contributed by atoms with van der Waals surface area (Å²) in [5, 5.41) is 27.4. The van der Waals surface area contributed by atoms with Crippen molar-refractivity contribution >= 4 is 5.91 Å². The van der Waals surface area contributed by atoms with Crippen LogP contribution >= 0.6 is 0 Å². The lowest BCUT2D eigenvalue weighted by atomic mass is 9.52. The minimum absolute atomic E-state index is 0.0601. The Balaban J connectivity index is 1.33. The van der Waals surface area contributed by atoms with E-state index in [0.29, 0.717) is 19.5 Å². The number of nitrogens with zero attached hydrogens (tertiary/aromatic N) is 4. The van der Waals surface area contributed by atoms with Crippen molar-refractivity contribution in [3.63, 3.8) is 0 Å². The van der Waals surface area contributed by atoms with Crippen LogP contribution in [0.25, 0.3) is 0 Å². The van der Waals surface area contributed by atoms with Crippen molar-refractivity contribution in [3.8, 4) is 5.75 Å². The Kier molecular flexibility index (Phi) is 5.08. The summed E-state index contributed by atoms with van der Waals surface area (Å²) in [6.07, 6.45) is 5.55. The summed E-state index contributed by atoms with van der Waals surface area (Å²) in [6, 6.07) is 7.77. The second kappa shape index (κ2) is 7.82. The minimum Gasteiger partial charge on any atom is -0.508 e. The number of likely N-dealkylation sites (tertiary alicyclic amines) is 2. The largest absolute Gasteiger partial charge is 0.508 e. The SMILES string of the molecule is Cc1cc(C)n(CC(=O)N2CC[C@]34CCN(CC5CC5)[C@H](Cc5ccc(O)cc53)[C@]4(O)CC2)n1. The molecule has 1 saturated carbocycles. The molecule has 4 aliphatic rings. The molecule has 6 rings (SSSR count). The van der Waals surface area contributed by atoms with Gasteiger partial charge in [-0.3, -0.25) is 14.4 Å². The van der Waals surface area contributed by atoms with Crippen molar-refractivity contribution in [1.82, 2.24) is 19.6 Å². The van der Waals surface area contributed by atoms with Crippen molar-refractivity contribution in [2.24, 2.45) is 5.92 Å². The molecule has 34 heavy (non-hydrogen) atoms. The first kappa shape index (κ1) is 22.1. The van der Waals surface area contributed by atoms with E-state index in [1.54, 1.807) is 10.7 Å².